The van der Waals surface area contributed by atoms with Crippen molar-refractivity contribution in [3.8, 4) is 5.75 Å². The molecule has 0 bridgehead atoms. The number of hydrogen-bond donors (Lipinski definition) is 0. The number of piperidine rings is 1. The molecule has 7 nitrogen and oxygen atoms in total. The molecule has 1 aliphatic heterocycles. The lowest BCUT2D eigenvalue weighted by Crippen LogP contribution is -2.47. The summed E-state index contributed by atoms with van der Waals surface area (Å²) in [5.41, 5.74) is 0. The molecular weight excluding hydrogens is 390 g/mol. The second-order valence-electron chi connectivity index (χ2n) is 6.92. The fraction of sp³-hybridized carbons (Fsp3) is 0.476. The molecule has 158 valence electrons. The van der Waals surface area contributed by atoms with E-state index in [2.05, 4.69) is 23.4 Å². The molecule has 0 saturated carbocycles. The van der Waals surface area contributed by atoms with E-state index < -0.39 is 0 Å². The first-order chi connectivity index (χ1) is 14.0. The van der Waals surface area contributed by atoms with Gasteiger partial charge < -0.3 is 14.5 Å². The molecule has 0 spiro atoms. The van der Waals surface area contributed by atoms with Crippen LogP contribution in [0.5, 0.6) is 5.75 Å². The van der Waals surface area contributed by atoms with Crippen molar-refractivity contribution in [1.82, 2.24) is 14.8 Å². The topological polar surface area (TPSA) is 60.7 Å². The first-order valence-corrected chi connectivity index (χ1v) is 10.3. The van der Waals surface area contributed by atoms with Gasteiger partial charge in [-0.2, -0.15) is 5.10 Å². The van der Waals surface area contributed by atoms with Crippen LogP contribution in [0.4, 0.5) is 0 Å². The number of hydrazone groups is 1. The predicted molar refractivity (Wildman–Crippen MR) is 118 cm³/mol. The summed E-state index contributed by atoms with van der Waals surface area (Å²) in [5, 5.41) is 5.79. The van der Waals surface area contributed by atoms with Crippen molar-refractivity contribution in [1.29, 1.82) is 0 Å². The first kappa shape index (κ1) is 22.7. The zero-order valence-electron chi connectivity index (χ0n) is 17.2. The van der Waals surface area contributed by atoms with Gasteiger partial charge >= 0.3 is 0 Å². The van der Waals surface area contributed by atoms with Crippen molar-refractivity contribution >= 4 is 30.6 Å². The average molecular weight is 420 g/mol. The number of para-hydroxylation sites is 1. The van der Waals surface area contributed by atoms with Crippen LogP contribution in [0.3, 0.4) is 0 Å². The Morgan fingerprint density at radius 1 is 1.45 bits per heavy atom. The minimum absolute atomic E-state index is 0.00604. The zero-order chi connectivity index (χ0) is 21.2. The van der Waals surface area contributed by atoms with Gasteiger partial charge in [-0.15, -0.1) is 11.6 Å². The van der Waals surface area contributed by atoms with E-state index in [0.29, 0.717) is 24.7 Å². The number of amides is 1. The van der Waals surface area contributed by atoms with Gasteiger partial charge in [-0.1, -0.05) is 24.8 Å². The third-order valence-corrected chi connectivity index (χ3v) is 5.02. The summed E-state index contributed by atoms with van der Waals surface area (Å²) in [7, 11) is 1.88. The predicted octanol–water partition coefficient (Wildman–Crippen LogP) is 3.38. The lowest BCUT2D eigenvalue weighted by molar-refractivity contribution is -0.132. The number of halogens is 1. The van der Waals surface area contributed by atoms with Crippen LogP contribution in [0.15, 0.2) is 52.8 Å². The van der Waals surface area contributed by atoms with Gasteiger partial charge in [0, 0.05) is 39.2 Å². The molecule has 1 aromatic rings. The number of alkyl halides is 1. The summed E-state index contributed by atoms with van der Waals surface area (Å²) >= 11 is 5.71. The summed E-state index contributed by atoms with van der Waals surface area (Å²) in [5.74, 6) is 1.65. The molecule has 1 amide bonds. The van der Waals surface area contributed by atoms with Crippen molar-refractivity contribution in [2.45, 2.75) is 38.5 Å². The molecule has 0 aliphatic carbocycles. The van der Waals surface area contributed by atoms with E-state index >= 15 is 0 Å². The standard InChI is InChI=1S/C21H30ClN5O2/c1-17(24-16-25(4)18(2)29-20-10-6-5-7-11-20)27(23-3)19-9-8-14-26(15-19)21(28)12-13-22/h5-7,10-11,16,18-19H,1,3,8-9,12-15H2,2,4H3/t18?,19-/m1/s1. The van der Waals surface area contributed by atoms with Crippen molar-refractivity contribution < 1.29 is 9.53 Å². The summed E-state index contributed by atoms with van der Waals surface area (Å²) in [6.07, 6.45) is 3.58. The molecule has 2 atom stereocenters. The molecule has 1 heterocycles. The van der Waals surface area contributed by atoms with E-state index in [9.17, 15) is 4.79 Å². The van der Waals surface area contributed by atoms with Crippen LogP contribution in [0, 0.1) is 0 Å². The van der Waals surface area contributed by atoms with Crippen LogP contribution in [0.2, 0.25) is 0 Å². The Bertz CT molecular complexity index is 712. The van der Waals surface area contributed by atoms with E-state index in [1.54, 1.807) is 11.3 Å². The van der Waals surface area contributed by atoms with Crippen LogP contribution in [-0.2, 0) is 4.79 Å². The summed E-state index contributed by atoms with van der Waals surface area (Å²) in [6.45, 7) is 10.9. The van der Waals surface area contributed by atoms with Crippen molar-refractivity contribution in [3.05, 3.63) is 42.7 Å². The van der Waals surface area contributed by atoms with Crippen molar-refractivity contribution in [3.63, 3.8) is 0 Å². The number of rotatable bonds is 10. The van der Waals surface area contributed by atoms with Gasteiger partial charge in [0.05, 0.1) is 12.4 Å². The van der Waals surface area contributed by atoms with Gasteiger partial charge in [-0.25, -0.2) is 10.0 Å². The molecule has 8 heteroatoms. The van der Waals surface area contributed by atoms with Gasteiger partial charge in [-0.3, -0.25) is 4.79 Å². The maximum atomic E-state index is 12.2. The minimum Gasteiger partial charge on any atom is -0.471 e. The van der Waals surface area contributed by atoms with Crippen LogP contribution in [-0.4, -0.2) is 72.1 Å². The number of hydrogen-bond acceptors (Lipinski definition) is 5. The number of carbonyl (C=O) groups excluding carboxylic acids is 1. The van der Waals surface area contributed by atoms with Gasteiger partial charge in [-0.05, 0) is 31.9 Å². The highest BCUT2D eigenvalue weighted by atomic mass is 35.5. The smallest absolute Gasteiger partial charge is 0.223 e. The summed E-state index contributed by atoms with van der Waals surface area (Å²) < 4.78 is 5.88. The number of ether oxygens (including phenoxy) is 1. The number of carbonyl (C=O) groups is 1. The number of nitrogens with zero attached hydrogens (tertiary/aromatic N) is 5. The minimum atomic E-state index is -0.211. The van der Waals surface area contributed by atoms with Gasteiger partial charge in [0.25, 0.3) is 0 Å². The lowest BCUT2D eigenvalue weighted by atomic mass is 10.0. The molecule has 0 radical (unpaired) electrons. The van der Waals surface area contributed by atoms with E-state index in [0.717, 1.165) is 25.1 Å². The van der Waals surface area contributed by atoms with Crippen LogP contribution >= 0.6 is 11.6 Å². The molecule has 29 heavy (non-hydrogen) atoms. The Morgan fingerprint density at radius 2 is 2.17 bits per heavy atom. The van der Waals surface area contributed by atoms with Crippen LogP contribution in [0.1, 0.15) is 26.2 Å². The zero-order valence-corrected chi connectivity index (χ0v) is 18.0. The van der Waals surface area contributed by atoms with Gasteiger partial charge in [0.2, 0.25) is 5.91 Å². The quantitative estimate of drug-likeness (QED) is 0.192. The Balaban J connectivity index is 1.94. The third kappa shape index (κ3) is 6.78. The van der Waals surface area contributed by atoms with E-state index in [4.69, 9.17) is 16.3 Å². The molecule has 1 aromatic carbocycles. The number of likely N-dealkylation sites (tertiary alicyclic amines) is 1. The van der Waals surface area contributed by atoms with E-state index in [1.165, 1.54) is 0 Å². The highest BCUT2D eigenvalue weighted by Crippen LogP contribution is 2.21. The highest BCUT2D eigenvalue weighted by molar-refractivity contribution is 6.18. The maximum Gasteiger partial charge on any atom is 0.223 e. The molecule has 0 N–H and O–H groups in total. The highest BCUT2D eigenvalue weighted by Gasteiger charge is 2.28. The normalized spacial score (nSPS) is 17.6. The van der Waals surface area contributed by atoms with Crippen LogP contribution < -0.4 is 4.74 Å². The van der Waals surface area contributed by atoms with E-state index in [-0.39, 0.29) is 18.2 Å². The van der Waals surface area contributed by atoms with Crippen molar-refractivity contribution in [2.75, 3.05) is 26.0 Å². The summed E-state index contributed by atoms with van der Waals surface area (Å²) in [6, 6.07) is 9.61. The molecular formula is C21H30ClN5O2. The third-order valence-electron chi connectivity index (χ3n) is 4.83. The molecule has 1 aliphatic rings. The molecule has 0 aromatic heterocycles. The second-order valence-corrected chi connectivity index (χ2v) is 7.30. The molecule has 1 unspecified atom stereocenters. The number of aliphatic imine (C=N–C) groups is 1. The molecule has 1 fully saturated rings. The fourth-order valence-electron chi connectivity index (χ4n) is 3.12. The SMILES string of the molecule is C=NN(C(=C)N=CN(C)C(C)Oc1ccccc1)[C@@H]1CCCN(C(=O)CCCl)C1. The number of benzene rings is 1. The monoisotopic (exact) mass is 419 g/mol. The second kappa shape index (κ2) is 11.5. The molecule has 2 rings (SSSR count). The Hall–Kier alpha value is -2.54. The van der Waals surface area contributed by atoms with Gasteiger partial charge in [0.1, 0.15) is 11.6 Å². The largest absolute Gasteiger partial charge is 0.471 e. The Labute approximate surface area is 178 Å². The summed E-state index contributed by atoms with van der Waals surface area (Å²) in [4.78, 5) is 20.3. The Morgan fingerprint density at radius 3 is 2.83 bits per heavy atom. The van der Waals surface area contributed by atoms with Crippen LogP contribution in [0.25, 0.3) is 0 Å². The van der Waals surface area contributed by atoms with Crippen molar-refractivity contribution in [2.24, 2.45) is 10.1 Å². The first-order valence-electron chi connectivity index (χ1n) is 9.72. The van der Waals surface area contributed by atoms with Gasteiger partial charge in [0.15, 0.2) is 6.23 Å². The maximum absolute atomic E-state index is 12.2. The Kier molecular flexibility index (Phi) is 8.99. The fourth-order valence-corrected chi connectivity index (χ4v) is 3.28. The van der Waals surface area contributed by atoms with E-state index in [1.807, 2.05) is 54.1 Å². The average Bonchev–Trinajstić information content (AvgIpc) is 2.73. The lowest BCUT2D eigenvalue weighted by Gasteiger charge is -2.37. The molecule has 1 saturated heterocycles.